The molecule has 2 aromatic rings. The fourth-order valence-electron chi connectivity index (χ4n) is 2.07. The molecule has 0 radical (unpaired) electrons. The van der Waals surface area contributed by atoms with Gasteiger partial charge >= 0.3 is 0 Å². The predicted octanol–water partition coefficient (Wildman–Crippen LogP) is 2.49. The molecule has 0 saturated carbocycles. The Kier molecular flexibility index (Phi) is 5.89. The Morgan fingerprint density at radius 1 is 1.28 bits per heavy atom. The normalized spacial score (nSPS) is 11.5. The van der Waals surface area contributed by atoms with Crippen molar-refractivity contribution in [3.8, 4) is 0 Å². The molecule has 5 N–H and O–H groups in total. The van der Waals surface area contributed by atoms with Gasteiger partial charge in [0, 0.05) is 30.5 Å². The Morgan fingerprint density at radius 3 is 2.64 bits per heavy atom. The van der Waals surface area contributed by atoms with Gasteiger partial charge in [0.05, 0.1) is 5.56 Å². The van der Waals surface area contributed by atoms with Crippen molar-refractivity contribution in [2.24, 2.45) is 5.73 Å². The number of amides is 2. The third-order valence-corrected chi connectivity index (χ3v) is 3.49. The van der Waals surface area contributed by atoms with Crippen LogP contribution in [0.15, 0.2) is 30.5 Å². The summed E-state index contributed by atoms with van der Waals surface area (Å²) in [5.41, 5.74) is 6.97. The number of nitrogens with two attached hydrogens (primary N) is 1. The van der Waals surface area contributed by atoms with Crippen LogP contribution in [0.1, 0.15) is 37.6 Å². The molecule has 0 fully saturated rings. The van der Waals surface area contributed by atoms with E-state index in [2.05, 4.69) is 25.9 Å². The predicted molar refractivity (Wildman–Crippen MR) is 98.0 cm³/mol. The van der Waals surface area contributed by atoms with E-state index in [4.69, 9.17) is 5.73 Å². The lowest BCUT2D eigenvalue weighted by atomic mass is 10.2. The second-order valence-electron chi connectivity index (χ2n) is 5.66. The summed E-state index contributed by atoms with van der Waals surface area (Å²) in [4.78, 5) is 31.2. The third-order valence-electron chi connectivity index (χ3n) is 3.49. The minimum absolute atomic E-state index is 0.129. The van der Waals surface area contributed by atoms with Gasteiger partial charge in [-0.15, -0.1) is 0 Å². The van der Waals surface area contributed by atoms with Gasteiger partial charge in [-0.05, 0) is 31.5 Å². The lowest BCUT2D eigenvalue weighted by Gasteiger charge is -2.15. The zero-order valence-electron chi connectivity index (χ0n) is 14.5. The molecule has 0 saturated heterocycles. The van der Waals surface area contributed by atoms with Crippen molar-refractivity contribution in [2.75, 3.05) is 16.0 Å². The number of carbonyl (C=O) groups is 2. The number of nitrogens with one attached hydrogen (secondary N) is 3. The molecule has 0 aliphatic heterocycles. The molecule has 1 aromatic heterocycles. The number of carbonyl (C=O) groups excluding carboxylic acids is 2. The number of benzene rings is 1. The molecule has 132 valence electrons. The summed E-state index contributed by atoms with van der Waals surface area (Å²) in [5.74, 6) is -0.0441. The van der Waals surface area contributed by atoms with Gasteiger partial charge in [-0.1, -0.05) is 13.0 Å². The number of rotatable bonds is 7. The molecule has 0 aliphatic rings. The average molecular weight is 342 g/mol. The van der Waals surface area contributed by atoms with E-state index in [0.29, 0.717) is 23.1 Å². The molecule has 1 atom stereocenters. The zero-order chi connectivity index (χ0) is 18.4. The molecule has 0 aliphatic carbocycles. The molecule has 2 rings (SSSR count). The van der Waals surface area contributed by atoms with Crippen LogP contribution in [0.3, 0.4) is 0 Å². The molecule has 0 spiro atoms. The first-order valence-electron chi connectivity index (χ1n) is 7.97. The van der Waals surface area contributed by atoms with Crippen LogP contribution in [0.4, 0.5) is 23.1 Å². The van der Waals surface area contributed by atoms with E-state index in [0.717, 1.165) is 6.42 Å². The lowest BCUT2D eigenvalue weighted by Crippen LogP contribution is -2.21. The minimum Gasteiger partial charge on any atom is -0.367 e. The van der Waals surface area contributed by atoms with Crippen molar-refractivity contribution < 1.29 is 9.59 Å². The van der Waals surface area contributed by atoms with E-state index in [1.807, 2.05) is 19.9 Å². The number of hydrogen-bond donors (Lipinski definition) is 4. The Hall–Kier alpha value is -3.16. The third kappa shape index (κ3) is 5.17. The lowest BCUT2D eigenvalue weighted by molar-refractivity contribution is -0.114. The van der Waals surface area contributed by atoms with Crippen molar-refractivity contribution in [3.63, 3.8) is 0 Å². The first-order chi connectivity index (χ1) is 11.9. The van der Waals surface area contributed by atoms with Gasteiger partial charge in [-0.25, -0.2) is 4.98 Å². The highest BCUT2D eigenvalue weighted by atomic mass is 16.1. The number of anilines is 4. The van der Waals surface area contributed by atoms with Crippen molar-refractivity contribution in [1.29, 1.82) is 0 Å². The van der Waals surface area contributed by atoms with Crippen LogP contribution in [-0.2, 0) is 4.79 Å². The summed E-state index contributed by atoms with van der Waals surface area (Å²) in [7, 11) is 0. The first-order valence-corrected chi connectivity index (χ1v) is 7.97. The number of aromatic nitrogens is 2. The topological polar surface area (TPSA) is 122 Å². The molecule has 8 heteroatoms. The maximum atomic E-state index is 11.6. The van der Waals surface area contributed by atoms with Gasteiger partial charge in [0.25, 0.3) is 5.91 Å². The fraction of sp³-hybridized carbons (Fsp3) is 0.294. The van der Waals surface area contributed by atoms with Crippen LogP contribution >= 0.6 is 0 Å². The molecule has 8 nitrogen and oxygen atoms in total. The molecule has 0 bridgehead atoms. The van der Waals surface area contributed by atoms with Gasteiger partial charge < -0.3 is 21.7 Å². The van der Waals surface area contributed by atoms with Crippen LogP contribution in [0, 0.1) is 0 Å². The Morgan fingerprint density at radius 2 is 2.00 bits per heavy atom. The van der Waals surface area contributed by atoms with Crippen LogP contribution in [0.25, 0.3) is 0 Å². The second kappa shape index (κ2) is 8.09. The molecule has 1 aromatic carbocycles. The van der Waals surface area contributed by atoms with E-state index >= 15 is 0 Å². The average Bonchev–Trinajstić information content (AvgIpc) is 2.54. The van der Waals surface area contributed by atoms with Gasteiger partial charge in [0.2, 0.25) is 11.9 Å². The van der Waals surface area contributed by atoms with Crippen LogP contribution in [0.2, 0.25) is 0 Å². The van der Waals surface area contributed by atoms with E-state index < -0.39 is 5.91 Å². The molecule has 2 amide bonds. The number of primary amides is 1. The fourth-order valence-corrected chi connectivity index (χ4v) is 2.07. The van der Waals surface area contributed by atoms with Crippen molar-refractivity contribution >= 4 is 35.0 Å². The molecular formula is C17H22N6O2. The minimum atomic E-state index is -0.593. The number of nitrogens with zero attached hydrogens (tertiary/aromatic N) is 2. The molecule has 25 heavy (non-hydrogen) atoms. The van der Waals surface area contributed by atoms with E-state index in [1.54, 1.807) is 18.2 Å². The smallest absolute Gasteiger partial charge is 0.254 e. The van der Waals surface area contributed by atoms with E-state index in [9.17, 15) is 9.59 Å². The Labute approximate surface area is 146 Å². The van der Waals surface area contributed by atoms with E-state index in [-0.39, 0.29) is 17.5 Å². The maximum absolute atomic E-state index is 11.6. The van der Waals surface area contributed by atoms with Crippen molar-refractivity contribution in [1.82, 2.24) is 9.97 Å². The standard InChI is InChI=1S/C17H22N6O2/c1-4-10(2)20-16-14(15(18)25)9-19-17(23-16)22-13-7-5-6-12(8-13)21-11(3)24/h5-10H,4H2,1-3H3,(H2,18,25)(H,21,24)(H2,19,20,22,23)/t10-/m1/s1. The van der Waals surface area contributed by atoms with Gasteiger partial charge in [-0.3, -0.25) is 9.59 Å². The van der Waals surface area contributed by atoms with Gasteiger partial charge in [-0.2, -0.15) is 4.98 Å². The summed E-state index contributed by atoms with van der Waals surface area (Å²) in [6.45, 7) is 5.45. The monoisotopic (exact) mass is 342 g/mol. The highest BCUT2D eigenvalue weighted by Crippen LogP contribution is 2.21. The van der Waals surface area contributed by atoms with Crippen LogP contribution in [-0.4, -0.2) is 27.8 Å². The Balaban J connectivity index is 2.26. The van der Waals surface area contributed by atoms with Crippen LogP contribution < -0.4 is 21.7 Å². The van der Waals surface area contributed by atoms with Gasteiger partial charge in [0.1, 0.15) is 5.82 Å². The SMILES string of the molecule is CC[C@@H](C)Nc1nc(Nc2cccc(NC(C)=O)c2)ncc1C(N)=O. The van der Waals surface area contributed by atoms with Gasteiger partial charge in [0.15, 0.2) is 0 Å². The maximum Gasteiger partial charge on any atom is 0.254 e. The zero-order valence-corrected chi connectivity index (χ0v) is 14.5. The van der Waals surface area contributed by atoms with Crippen LogP contribution in [0.5, 0.6) is 0 Å². The molecule has 0 unspecified atom stereocenters. The highest BCUT2D eigenvalue weighted by Gasteiger charge is 2.14. The summed E-state index contributed by atoms with van der Waals surface area (Å²) in [5, 5.41) is 8.91. The molecular weight excluding hydrogens is 320 g/mol. The summed E-state index contributed by atoms with van der Waals surface area (Å²) < 4.78 is 0. The molecule has 1 heterocycles. The highest BCUT2D eigenvalue weighted by molar-refractivity contribution is 5.97. The van der Waals surface area contributed by atoms with Crippen molar-refractivity contribution in [3.05, 3.63) is 36.0 Å². The quantitative estimate of drug-likeness (QED) is 0.613. The second-order valence-corrected chi connectivity index (χ2v) is 5.66. The van der Waals surface area contributed by atoms with Crippen molar-refractivity contribution in [2.45, 2.75) is 33.2 Å². The summed E-state index contributed by atoms with van der Waals surface area (Å²) in [6, 6.07) is 7.28. The first kappa shape index (κ1) is 18.2. The van der Waals surface area contributed by atoms with E-state index in [1.165, 1.54) is 13.1 Å². The largest absolute Gasteiger partial charge is 0.367 e. The number of hydrogen-bond acceptors (Lipinski definition) is 6. The Bertz CT molecular complexity index is 777. The summed E-state index contributed by atoms with van der Waals surface area (Å²) >= 11 is 0. The summed E-state index contributed by atoms with van der Waals surface area (Å²) in [6.07, 6.45) is 2.25.